The number of carboxylic acids is 1. The second-order valence-corrected chi connectivity index (χ2v) is 5.14. The van der Waals surface area contributed by atoms with Gasteiger partial charge in [-0.1, -0.05) is 6.42 Å². The van der Waals surface area contributed by atoms with Crippen LogP contribution < -0.4 is 5.32 Å². The summed E-state index contributed by atoms with van der Waals surface area (Å²) in [6.45, 7) is 0.991. The molecule has 0 aromatic carbocycles. The molecule has 0 saturated carbocycles. The lowest BCUT2D eigenvalue weighted by Gasteiger charge is -2.22. The summed E-state index contributed by atoms with van der Waals surface area (Å²) in [5, 5.41) is 22.5. The Morgan fingerprint density at radius 3 is 3.05 bits per heavy atom. The van der Waals surface area contributed by atoms with Gasteiger partial charge in [-0.15, -0.1) is 0 Å². The lowest BCUT2D eigenvalue weighted by atomic mass is 10.0. The van der Waals surface area contributed by atoms with Gasteiger partial charge in [0, 0.05) is 18.7 Å². The van der Waals surface area contributed by atoms with Gasteiger partial charge < -0.3 is 15.5 Å². The van der Waals surface area contributed by atoms with Crippen molar-refractivity contribution < 1.29 is 15.0 Å². The third kappa shape index (κ3) is 2.22. The molecule has 1 fully saturated rings. The van der Waals surface area contributed by atoms with Crippen molar-refractivity contribution in [3.8, 4) is 5.75 Å². The van der Waals surface area contributed by atoms with Crippen LogP contribution in [0.1, 0.15) is 35.6 Å². The van der Waals surface area contributed by atoms with Crippen molar-refractivity contribution in [1.82, 2.24) is 14.7 Å². The van der Waals surface area contributed by atoms with E-state index in [1.807, 2.05) is 0 Å². The highest BCUT2D eigenvalue weighted by Gasteiger charge is 2.22. The number of rotatable bonds is 3. The van der Waals surface area contributed by atoms with Gasteiger partial charge in [0.2, 0.25) is 0 Å². The van der Waals surface area contributed by atoms with Crippen LogP contribution in [0.2, 0.25) is 0 Å². The number of carbonyl (C=O) groups is 1. The van der Waals surface area contributed by atoms with Crippen molar-refractivity contribution in [3.05, 3.63) is 29.8 Å². The van der Waals surface area contributed by atoms with Gasteiger partial charge >= 0.3 is 5.97 Å². The zero-order valence-corrected chi connectivity index (χ0v) is 11.0. The van der Waals surface area contributed by atoms with E-state index >= 15 is 0 Å². The van der Waals surface area contributed by atoms with Crippen LogP contribution in [0.5, 0.6) is 5.75 Å². The van der Waals surface area contributed by atoms with E-state index in [1.165, 1.54) is 18.9 Å². The standard InChI is InChI=1S/C14H17N3O3/c18-10-5-3-7-17-11(8-9-4-1-2-6-15-9)16-12(13(10)17)14(19)20/h3,5,7,9,15,18H,1-2,4,6,8H2,(H,19,20). The Hall–Kier alpha value is -2.08. The van der Waals surface area contributed by atoms with Gasteiger partial charge in [-0.25, -0.2) is 9.78 Å². The molecule has 0 amide bonds. The number of nitrogens with one attached hydrogen (secondary N) is 1. The van der Waals surface area contributed by atoms with Crippen molar-refractivity contribution in [2.45, 2.75) is 31.7 Å². The van der Waals surface area contributed by atoms with Gasteiger partial charge in [0.15, 0.2) is 5.69 Å². The summed E-state index contributed by atoms with van der Waals surface area (Å²) in [7, 11) is 0. The molecule has 6 nitrogen and oxygen atoms in total. The highest BCUT2D eigenvalue weighted by Crippen LogP contribution is 2.24. The zero-order chi connectivity index (χ0) is 14.1. The summed E-state index contributed by atoms with van der Waals surface area (Å²) in [6.07, 6.45) is 5.83. The molecule has 106 valence electrons. The van der Waals surface area contributed by atoms with Gasteiger partial charge in [0.25, 0.3) is 0 Å². The Morgan fingerprint density at radius 2 is 2.35 bits per heavy atom. The van der Waals surface area contributed by atoms with Gasteiger partial charge in [0.1, 0.15) is 17.1 Å². The molecule has 3 heterocycles. The fourth-order valence-electron chi connectivity index (χ4n) is 2.80. The van der Waals surface area contributed by atoms with E-state index < -0.39 is 5.97 Å². The van der Waals surface area contributed by atoms with Crippen LogP contribution in [-0.2, 0) is 6.42 Å². The summed E-state index contributed by atoms with van der Waals surface area (Å²) in [5.41, 5.74) is 0.180. The molecule has 1 unspecified atom stereocenters. The molecule has 2 aromatic heterocycles. The highest BCUT2D eigenvalue weighted by molar-refractivity contribution is 5.95. The number of carboxylic acid groups (broad SMARTS) is 1. The Kier molecular flexibility index (Phi) is 3.31. The summed E-state index contributed by atoms with van der Waals surface area (Å²) in [5.74, 6) is -0.500. The molecule has 0 radical (unpaired) electrons. The van der Waals surface area contributed by atoms with Gasteiger partial charge in [-0.05, 0) is 31.5 Å². The van der Waals surface area contributed by atoms with E-state index in [9.17, 15) is 15.0 Å². The third-order valence-corrected chi connectivity index (χ3v) is 3.76. The fraction of sp³-hybridized carbons (Fsp3) is 0.429. The second kappa shape index (κ2) is 5.13. The van der Waals surface area contributed by atoms with E-state index in [0.29, 0.717) is 18.3 Å². The van der Waals surface area contributed by atoms with E-state index in [2.05, 4.69) is 10.3 Å². The Bertz CT molecular complexity index is 644. The molecule has 1 aliphatic heterocycles. The van der Waals surface area contributed by atoms with Crippen molar-refractivity contribution in [1.29, 1.82) is 0 Å². The van der Waals surface area contributed by atoms with Gasteiger partial charge in [-0.2, -0.15) is 0 Å². The smallest absolute Gasteiger partial charge is 0.356 e. The average Bonchev–Trinajstić information content (AvgIpc) is 2.81. The van der Waals surface area contributed by atoms with Crippen molar-refractivity contribution in [2.75, 3.05) is 6.54 Å². The van der Waals surface area contributed by atoms with Crippen molar-refractivity contribution in [2.24, 2.45) is 0 Å². The molecule has 0 spiro atoms. The molecule has 6 heteroatoms. The number of hydrogen-bond donors (Lipinski definition) is 3. The Morgan fingerprint density at radius 1 is 1.50 bits per heavy atom. The maximum absolute atomic E-state index is 11.3. The molecular weight excluding hydrogens is 258 g/mol. The predicted molar refractivity (Wildman–Crippen MR) is 73.2 cm³/mol. The van der Waals surface area contributed by atoms with E-state index in [1.54, 1.807) is 16.7 Å². The third-order valence-electron chi connectivity index (χ3n) is 3.76. The number of aromatic carboxylic acids is 1. The van der Waals surface area contributed by atoms with E-state index in [0.717, 1.165) is 13.0 Å². The Labute approximate surface area is 116 Å². The normalized spacial score (nSPS) is 19.3. The monoisotopic (exact) mass is 275 g/mol. The molecule has 1 aliphatic rings. The molecule has 0 aliphatic carbocycles. The molecule has 1 atom stereocenters. The first-order valence-corrected chi connectivity index (χ1v) is 6.82. The number of piperidine rings is 1. The number of hydrogen-bond acceptors (Lipinski definition) is 4. The van der Waals surface area contributed by atoms with Crippen LogP contribution in [0, 0.1) is 0 Å². The highest BCUT2D eigenvalue weighted by atomic mass is 16.4. The van der Waals surface area contributed by atoms with Crippen LogP contribution >= 0.6 is 0 Å². The molecule has 20 heavy (non-hydrogen) atoms. The van der Waals surface area contributed by atoms with Crippen molar-refractivity contribution >= 4 is 11.5 Å². The maximum Gasteiger partial charge on any atom is 0.356 e. The summed E-state index contributed by atoms with van der Waals surface area (Å²) >= 11 is 0. The molecular formula is C14H17N3O3. The first-order valence-electron chi connectivity index (χ1n) is 6.82. The van der Waals surface area contributed by atoms with Crippen LogP contribution in [0.4, 0.5) is 0 Å². The number of fused-ring (bicyclic) bond motifs is 1. The quantitative estimate of drug-likeness (QED) is 0.788. The Balaban J connectivity index is 2.02. The lowest BCUT2D eigenvalue weighted by molar-refractivity contribution is 0.0692. The SMILES string of the molecule is O=C(O)c1nc(CC2CCCCN2)n2cccc(O)c12. The van der Waals surface area contributed by atoms with Crippen LogP contribution in [0.3, 0.4) is 0 Å². The molecule has 2 aromatic rings. The average molecular weight is 275 g/mol. The number of pyridine rings is 1. The van der Waals surface area contributed by atoms with Gasteiger partial charge in [-0.3, -0.25) is 4.40 Å². The summed E-state index contributed by atoms with van der Waals surface area (Å²) in [4.78, 5) is 15.5. The molecule has 1 saturated heterocycles. The zero-order valence-electron chi connectivity index (χ0n) is 11.0. The summed E-state index contributed by atoms with van der Waals surface area (Å²) < 4.78 is 1.68. The minimum absolute atomic E-state index is 0.0553. The first kappa shape index (κ1) is 12.9. The topological polar surface area (TPSA) is 86.9 Å². The summed E-state index contributed by atoms with van der Waals surface area (Å²) in [6, 6.07) is 3.48. The predicted octanol–water partition coefficient (Wildman–Crippen LogP) is 1.42. The van der Waals surface area contributed by atoms with Crippen LogP contribution in [0.15, 0.2) is 18.3 Å². The van der Waals surface area contributed by atoms with Crippen LogP contribution in [-0.4, -0.2) is 38.2 Å². The first-order chi connectivity index (χ1) is 9.66. The molecule has 3 rings (SSSR count). The number of aromatic hydroxyl groups is 1. The number of nitrogens with zero attached hydrogens (tertiary/aromatic N) is 2. The molecule has 3 N–H and O–H groups in total. The minimum Gasteiger partial charge on any atom is -0.506 e. The van der Waals surface area contributed by atoms with Crippen molar-refractivity contribution in [3.63, 3.8) is 0 Å². The largest absolute Gasteiger partial charge is 0.506 e. The van der Waals surface area contributed by atoms with E-state index in [4.69, 9.17) is 0 Å². The van der Waals surface area contributed by atoms with Gasteiger partial charge in [0.05, 0.1) is 0 Å². The maximum atomic E-state index is 11.3. The molecule has 0 bridgehead atoms. The number of aromatic nitrogens is 2. The van der Waals surface area contributed by atoms with E-state index in [-0.39, 0.29) is 17.0 Å². The lowest BCUT2D eigenvalue weighted by Crippen LogP contribution is -2.36. The minimum atomic E-state index is -1.12. The van der Waals surface area contributed by atoms with Crippen LogP contribution in [0.25, 0.3) is 5.52 Å². The fourth-order valence-corrected chi connectivity index (χ4v) is 2.80. The second-order valence-electron chi connectivity index (χ2n) is 5.14. The number of imidazole rings is 1.